The summed E-state index contributed by atoms with van der Waals surface area (Å²) in [5, 5.41) is 10.0. The molecule has 0 aliphatic rings. The van der Waals surface area contributed by atoms with E-state index in [2.05, 4.69) is 30.3 Å². The van der Waals surface area contributed by atoms with Gasteiger partial charge < -0.3 is 9.84 Å². The van der Waals surface area contributed by atoms with E-state index in [0.717, 1.165) is 33.6 Å². The van der Waals surface area contributed by atoms with E-state index in [0.29, 0.717) is 6.61 Å². The van der Waals surface area contributed by atoms with Gasteiger partial charge in [-0.3, -0.25) is 0 Å². The van der Waals surface area contributed by atoms with Crippen LogP contribution in [0.25, 0.3) is 22.3 Å². The summed E-state index contributed by atoms with van der Waals surface area (Å²) < 4.78 is 6.16. The molecule has 0 saturated heterocycles. The Morgan fingerprint density at radius 1 is 0.593 bits per heavy atom. The Labute approximate surface area is 159 Å². The Balaban J connectivity index is 1.78. The zero-order valence-corrected chi connectivity index (χ0v) is 14.9. The minimum Gasteiger partial charge on any atom is -0.508 e. The molecule has 0 saturated carbocycles. The van der Waals surface area contributed by atoms with E-state index in [1.54, 1.807) is 6.07 Å². The van der Waals surface area contributed by atoms with Gasteiger partial charge in [-0.25, -0.2) is 0 Å². The molecule has 2 heteroatoms. The van der Waals surface area contributed by atoms with Crippen molar-refractivity contribution in [1.82, 2.24) is 0 Å². The maximum atomic E-state index is 10.0. The van der Waals surface area contributed by atoms with Crippen LogP contribution >= 0.6 is 0 Å². The van der Waals surface area contributed by atoms with Crippen molar-refractivity contribution in [3.05, 3.63) is 109 Å². The molecular formula is C25H20O2. The van der Waals surface area contributed by atoms with Gasteiger partial charge in [0.1, 0.15) is 18.1 Å². The molecule has 0 bridgehead atoms. The Bertz CT molecular complexity index is 1020. The summed E-state index contributed by atoms with van der Waals surface area (Å²) in [5.74, 6) is 1.05. The number of aromatic hydroxyl groups is 1. The van der Waals surface area contributed by atoms with Crippen LogP contribution in [0, 0.1) is 0 Å². The van der Waals surface area contributed by atoms with Gasteiger partial charge in [0.05, 0.1) is 0 Å². The van der Waals surface area contributed by atoms with Crippen LogP contribution in [0.15, 0.2) is 103 Å². The van der Waals surface area contributed by atoms with Gasteiger partial charge in [-0.15, -0.1) is 0 Å². The number of benzene rings is 4. The van der Waals surface area contributed by atoms with Crippen molar-refractivity contribution in [3.8, 4) is 33.8 Å². The fourth-order valence-corrected chi connectivity index (χ4v) is 3.20. The highest BCUT2D eigenvalue weighted by atomic mass is 16.5. The Morgan fingerprint density at radius 2 is 1.22 bits per heavy atom. The van der Waals surface area contributed by atoms with E-state index in [-0.39, 0.29) is 5.75 Å². The van der Waals surface area contributed by atoms with Crippen LogP contribution in [0.1, 0.15) is 5.56 Å². The van der Waals surface area contributed by atoms with Gasteiger partial charge >= 0.3 is 0 Å². The normalized spacial score (nSPS) is 10.5. The quantitative estimate of drug-likeness (QED) is 0.456. The highest BCUT2D eigenvalue weighted by Gasteiger charge is 2.14. The van der Waals surface area contributed by atoms with Gasteiger partial charge in [-0.05, 0) is 28.8 Å². The maximum absolute atomic E-state index is 10.0. The molecule has 0 radical (unpaired) electrons. The van der Waals surface area contributed by atoms with Crippen LogP contribution in [0.4, 0.5) is 0 Å². The minimum absolute atomic E-state index is 0.248. The summed E-state index contributed by atoms with van der Waals surface area (Å²) in [7, 11) is 0. The Kier molecular flexibility index (Phi) is 4.88. The molecule has 0 fully saturated rings. The predicted molar refractivity (Wildman–Crippen MR) is 110 cm³/mol. The molecule has 0 aliphatic heterocycles. The Hall–Kier alpha value is -3.52. The average molecular weight is 352 g/mol. The molecule has 4 aromatic rings. The Morgan fingerprint density at radius 3 is 1.93 bits per heavy atom. The lowest BCUT2D eigenvalue weighted by Gasteiger charge is -2.17. The highest BCUT2D eigenvalue weighted by Crippen LogP contribution is 2.39. The monoisotopic (exact) mass is 352 g/mol. The van der Waals surface area contributed by atoms with Crippen molar-refractivity contribution in [2.45, 2.75) is 6.61 Å². The van der Waals surface area contributed by atoms with E-state index < -0.39 is 0 Å². The summed E-state index contributed by atoms with van der Waals surface area (Å²) in [5.41, 5.74) is 5.19. The fraction of sp³-hybridized carbons (Fsp3) is 0.0400. The smallest absolute Gasteiger partial charge is 0.128 e. The van der Waals surface area contributed by atoms with E-state index >= 15 is 0 Å². The van der Waals surface area contributed by atoms with E-state index in [9.17, 15) is 5.11 Å². The zero-order valence-electron chi connectivity index (χ0n) is 14.9. The van der Waals surface area contributed by atoms with Gasteiger partial charge in [0.15, 0.2) is 0 Å². The number of para-hydroxylation sites is 1. The fourth-order valence-electron chi connectivity index (χ4n) is 3.20. The minimum atomic E-state index is 0.248. The molecule has 4 aromatic carbocycles. The molecule has 1 N–H and O–H groups in total. The van der Waals surface area contributed by atoms with Gasteiger partial charge in [0.25, 0.3) is 0 Å². The molecule has 132 valence electrons. The molecular weight excluding hydrogens is 332 g/mol. The second kappa shape index (κ2) is 7.79. The second-order valence-corrected chi connectivity index (χ2v) is 6.33. The van der Waals surface area contributed by atoms with Gasteiger partial charge in [-0.1, -0.05) is 91.0 Å². The molecule has 0 aliphatic carbocycles. The molecule has 0 heterocycles. The number of rotatable bonds is 5. The van der Waals surface area contributed by atoms with E-state index in [4.69, 9.17) is 4.74 Å². The predicted octanol–water partition coefficient (Wildman–Crippen LogP) is 6.31. The summed E-state index contributed by atoms with van der Waals surface area (Å²) >= 11 is 0. The third-order valence-electron chi connectivity index (χ3n) is 4.55. The molecule has 4 rings (SSSR count). The van der Waals surface area contributed by atoms with Gasteiger partial charge in [-0.2, -0.15) is 0 Å². The lowest BCUT2D eigenvalue weighted by atomic mass is 9.94. The lowest BCUT2D eigenvalue weighted by Crippen LogP contribution is -1.98. The topological polar surface area (TPSA) is 29.5 Å². The first-order chi connectivity index (χ1) is 13.3. The van der Waals surface area contributed by atoms with Crippen LogP contribution in [-0.2, 0) is 6.61 Å². The molecule has 0 amide bonds. The molecule has 27 heavy (non-hydrogen) atoms. The SMILES string of the molecule is Oc1ccccc1COc1cccc(-c2ccccc2)c1-c1ccccc1. The highest BCUT2D eigenvalue weighted by molar-refractivity contribution is 5.87. The van der Waals surface area contributed by atoms with Crippen molar-refractivity contribution < 1.29 is 9.84 Å². The number of hydrogen-bond acceptors (Lipinski definition) is 2. The van der Waals surface area contributed by atoms with Crippen molar-refractivity contribution in [1.29, 1.82) is 0 Å². The molecule has 0 atom stereocenters. The molecule has 2 nitrogen and oxygen atoms in total. The van der Waals surface area contributed by atoms with Crippen LogP contribution < -0.4 is 4.74 Å². The third-order valence-corrected chi connectivity index (χ3v) is 4.55. The van der Waals surface area contributed by atoms with Crippen LogP contribution in [0.3, 0.4) is 0 Å². The zero-order chi connectivity index (χ0) is 18.5. The first kappa shape index (κ1) is 16.9. The molecule has 0 unspecified atom stereocenters. The van der Waals surface area contributed by atoms with Gasteiger partial charge in [0, 0.05) is 11.1 Å². The number of phenolic OH excluding ortho intramolecular Hbond substituents is 1. The summed E-state index contributed by atoms with van der Waals surface area (Å²) in [6.45, 7) is 0.310. The third kappa shape index (κ3) is 3.70. The second-order valence-electron chi connectivity index (χ2n) is 6.33. The first-order valence-electron chi connectivity index (χ1n) is 8.96. The van der Waals surface area contributed by atoms with Crippen molar-refractivity contribution >= 4 is 0 Å². The number of hydrogen-bond donors (Lipinski definition) is 1. The standard InChI is InChI=1S/C25H20O2/c26-23-16-8-7-14-21(23)18-27-24-17-9-15-22(19-10-3-1-4-11-19)25(24)20-12-5-2-6-13-20/h1-17,26H,18H2. The summed E-state index contributed by atoms with van der Waals surface area (Å²) in [6.07, 6.45) is 0. The van der Waals surface area contributed by atoms with E-state index in [1.165, 1.54) is 0 Å². The molecule has 0 spiro atoms. The largest absolute Gasteiger partial charge is 0.508 e. The van der Waals surface area contributed by atoms with Crippen LogP contribution in [-0.4, -0.2) is 5.11 Å². The lowest BCUT2D eigenvalue weighted by molar-refractivity contribution is 0.300. The van der Waals surface area contributed by atoms with Crippen molar-refractivity contribution in [2.24, 2.45) is 0 Å². The molecule has 0 aromatic heterocycles. The number of ether oxygens (including phenoxy) is 1. The van der Waals surface area contributed by atoms with Crippen LogP contribution in [0.5, 0.6) is 11.5 Å². The summed E-state index contributed by atoms with van der Waals surface area (Å²) in [6, 6.07) is 33.9. The van der Waals surface area contributed by atoms with Crippen LogP contribution in [0.2, 0.25) is 0 Å². The van der Waals surface area contributed by atoms with Gasteiger partial charge in [0.2, 0.25) is 0 Å². The summed E-state index contributed by atoms with van der Waals surface area (Å²) in [4.78, 5) is 0. The van der Waals surface area contributed by atoms with Crippen molar-refractivity contribution in [2.75, 3.05) is 0 Å². The van der Waals surface area contributed by atoms with Crippen molar-refractivity contribution in [3.63, 3.8) is 0 Å². The average Bonchev–Trinajstić information content (AvgIpc) is 2.74. The first-order valence-corrected chi connectivity index (χ1v) is 8.96. The maximum Gasteiger partial charge on any atom is 0.128 e. The van der Waals surface area contributed by atoms with E-state index in [1.807, 2.05) is 66.7 Å². The number of phenols is 1.